The van der Waals surface area contributed by atoms with Crippen LogP contribution < -0.4 is 15.4 Å². The van der Waals surface area contributed by atoms with Crippen LogP contribution in [0.1, 0.15) is 6.42 Å². The van der Waals surface area contributed by atoms with Gasteiger partial charge in [-0.15, -0.1) is 0 Å². The van der Waals surface area contributed by atoms with E-state index < -0.39 is 0 Å². The van der Waals surface area contributed by atoms with Crippen molar-refractivity contribution in [2.24, 2.45) is 0 Å². The number of nitrogens with one attached hydrogen (secondary N) is 2. The molecule has 0 unspecified atom stereocenters. The summed E-state index contributed by atoms with van der Waals surface area (Å²) in [5.41, 5.74) is 0. The minimum atomic E-state index is -0.346. The second-order valence-corrected chi connectivity index (χ2v) is 6.28. The Labute approximate surface area is 152 Å². The van der Waals surface area contributed by atoms with Gasteiger partial charge in [0.1, 0.15) is 11.6 Å². The molecular weight excluding hydrogens is 405 g/mol. The van der Waals surface area contributed by atoms with Crippen molar-refractivity contribution in [3.05, 3.63) is 51.0 Å². The first-order valence-corrected chi connectivity index (χ1v) is 8.34. The molecule has 2 amide bonds. The van der Waals surface area contributed by atoms with Crippen LogP contribution in [0, 0.1) is 0 Å². The number of urea groups is 1. The number of halogens is 3. The lowest BCUT2D eigenvalue weighted by Gasteiger charge is -2.09. The highest BCUT2D eigenvalue weighted by Crippen LogP contribution is 2.27. The molecule has 0 aliphatic rings. The van der Waals surface area contributed by atoms with Crippen molar-refractivity contribution >= 4 is 51.0 Å². The third-order valence-corrected chi connectivity index (χ3v) is 3.75. The zero-order valence-electron chi connectivity index (χ0n) is 12.0. The molecule has 2 rings (SSSR count). The van der Waals surface area contributed by atoms with Gasteiger partial charge in [0.25, 0.3) is 0 Å². The topological polar surface area (TPSA) is 63.2 Å². The Kier molecular flexibility index (Phi) is 6.95. The Balaban J connectivity index is 1.66. The Hall–Kier alpha value is -1.50. The second kappa shape index (κ2) is 8.96. The van der Waals surface area contributed by atoms with Crippen molar-refractivity contribution in [3.63, 3.8) is 0 Å². The fourth-order valence-corrected chi connectivity index (χ4v) is 2.57. The molecule has 0 spiro atoms. The van der Waals surface area contributed by atoms with E-state index in [4.69, 9.17) is 27.9 Å². The van der Waals surface area contributed by atoms with Gasteiger partial charge in [0.05, 0.1) is 11.6 Å². The van der Waals surface area contributed by atoms with E-state index >= 15 is 0 Å². The average Bonchev–Trinajstić information content (AvgIpc) is 2.49. The molecule has 0 atom stereocenters. The summed E-state index contributed by atoms with van der Waals surface area (Å²) >= 11 is 15.2. The van der Waals surface area contributed by atoms with Crippen LogP contribution in [0.4, 0.5) is 10.6 Å². The summed E-state index contributed by atoms with van der Waals surface area (Å²) in [7, 11) is 0. The van der Waals surface area contributed by atoms with Crippen molar-refractivity contribution in [3.8, 4) is 5.75 Å². The van der Waals surface area contributed by atoms with Crippen LogP contribution in [-0.4, -0.2) is 24.2 Å². The van der Waals surface area contributed by atoms with Gasteiger partial charge in [0.15, 0.2) is 0 Å². The normalized spacial score (nSPS) is 10.2. The summed E-state index contributed by atoms with van der Waals surface area (Å²) < 4.78 is 6.44. The summed E-state index contributed by atoms with van der Waals surface area (Å²) in [5.74, 6) is 1.01. The molecule has 23 heavy (non-hydrogen) atoms. The first-order chi connectivity index (χ1) is 11.0. The van der Waals surface area contributed by atoms with Crippen LogP contribution in [0.2, 0.25) is 10.0 Å². The first-order valence-electron chi connectivity index (χ1n) is 6.79. The first kappa shape index (κ1) is 17.8. The fraction of sp³-hybridized carbons (Fsp3) is 0.200. The molecule has 0 fully saturated rings. The molecule has 0 radical (unpaired) electrons. The minimum absolute atomic E-state index is 0.346. The van der Waals surface area contributed by atoms with Gasteiger partial charge in [0, 0.05) is 22.2 Å². The van der Waals surface area contributed by atoms with Crippen LogP contribution in [0.3, 0.4) is 0 Å². The number of aromatic nitrogens is 1. The summed E-state index contributed by atoms with van der Waals surface area (Å²) in [4.78, 5) is 15.7. The zero-order chi connectivity index (χ0) is 16.7. The number of amides is 2. The van der Waals surface area contributed by atoms with Crippen molar-refractivity contribution < 1.29 is 9.53 Å². The Morgan fingerprint density at radius 2 is 2.09 bits per heavy atom. The molecule has 0 aliphatic heterocycles. The molecule has 0 aliphatic carbocycles. The van der Waals surface area contributed by atoms with Crippen molar-refractivity contribution in [1.29, 1.82) is 0 Å². The lowest BCUT2D eigenvalue weighted by atomic mass is 10.3. The molecule has 122 valence electrons. The maximum Gasteiger partial charge on any atom is 0.320 e. The van der Waals surface area contributed by atoms with Gasteiger partial charge < -0.3 is 10.1 Å². The molecule has 8 heteroatoms. The van der Waals surface area contributed by atoms with Gasteiger partial charge in [0.2, 0.25) is 0 Å². The maximum atomic E-state index is 11.7. The quantitative estimate of drug-likeness (QED) is 0.665. The number of carbonyl (C=O) groups excluding carboxylic acids is 1. The summed E-state index contributed by atoms with van der Waals surface area (Å²) in [6, 6.07) is 8.26. The third kappa shape index (κ3) is 6.25. The Morgan fingerprint density at radius 1 is 1.26 bits per heavy atom. The molecule has 0 saturated carbocycles. The number of benzene rings is 1. The van der Waals surface area contributed by atoms with Gasteiger partial charge in [-0.1, -0.05) is 39.1 Å². The highest BCUT2D eigenvalue weighted by Gasteiger charge is 2.04. The van der Waals surface area contributed by atoms with Gasteiger partial charge in [-0.3, -0.25) is 5.32 Å². The molecule has 5 nitrogen and oxygen atoms in total. The van der Waals surface area contributed by atoms with E-state index in [1.807, 2.05) is 6.07 Å². The third-order valence-electron chi connectivity index (χ3n) is 2.72. The van der Waals surface area contributed by atoms with Crippen LogP contribution in [0.15, 0.2) is 41.0 Å². The predicted molar refractivity (Wildman–Crippen MR) is 95.5 cm³/mol. The van der Waals surface area contributed by atoms with E-state index in [1.54, 1.807) is 24.3 Å². The smallest absolute Gasteiger partial charge is 0.320 e. The molecule has 2 aromatic rings. The monoisotopic (exact) mass is 417 g/mol. The van der Waals surface area contributed by atoms with Crippen LogP contribution in [-0.2, 0) is 0 Å². The van der Waals surface area contributed by atoms with Gasteiger partial charge in [-0.05, 0) is 36.8 Å². The summed E-state index contributed by atoms with van der Waals surface area (Å²) in [5, 5.41) is 6.35. The number of anilines is 1. The van der Waals surface area contributed by atoms with Crippen LogP contribution >= 0.6 is 39.1 Å². The predicted octanol–water partition coefficient (Wildman–Crippen LogP) is 4.74. The molecule has 1 aromatic heterocycles. The van der Waals surface area contributed by atoms with E-state index in [-0.39, 0.29) is 6.03 Å². The minimum Gasteiger partial charge on any atom is -0.492 e. The largest absolute Gasteiger partial charge is 0.492 e. The highest BCUT2D eigenvalue weighted by molar-refractivity contribution is 9.10. The van der Waals surface area contributed by atoms with Gasteiger partial charge in [-0.2, -0.15) is 0 Å². The average molecular weight is 419 g/mol. The van der Waals surface area contributed by atoms with Crippen LogP contribution in [0.5, 0.6) is 5.75 Å². The number of nitrogens with zero attached hydrogens (tertiary/aromatic N) is 1. The summed E-state index contributed by atoms with van der Waals surface area (Å²) in [6.07, 6.45) is 2.16. The molecule has 0 bridgehead atoms. The zero-order valence-corrected chi connectivity index (χ0v) is 15.1. The van der Waals surface area contributed by atoms with E-state index in [0.29, 0.717) is 41.2 Å². The summed E-state index contributed by atoms with van der Waals surface area (Å²) in [6.45, 7) is 0.900. The van der Waals surface area contributed by atoms with Crippen molar-refractivity contribution in [2.75, 3.05) is 18.5 Å². The van der Waals surface area contributed by atoms with Crippen molar-refractivity contribution in [2.45, 2.75) is 6.42 Å². The molecule has 1 heterocycles. The van der Waals surface area contributed by atoms with Crippen molar-refractivity contribution in [1.82, 2.24) is 10.3 Å². The molecule has 1 aromatic carbocycles. The number of carbonyl (C=O) groups is 1. The van der Waals surface area contributed by atoms with E-state index in [2.05, 4.69) is 31.5 Å². The number of ether oxygens (including phenoxy) is 1. The maximum absolute atomic E-state index is 11.7. The lowest BCUT2D eigenvalue weighted by Crippen LogP contribution is -2.30. The fourth-order valence-electron chi connectivity index (χ4n) is 1.68. The number of hydrogen-bond acceptors (Lipinski definition) is 3. The molecule has 0 saturated heterocycles. The Bertz CT molecular complexity index is 686. The number of pyridine rings is 1. The molecule has 2 N–H and O–H groups in total. The number of rotatable bonds is 6. The lowest BCUT2D eigenvalue weighted by molar-refractivity contribution is 0.250. The molecular formula is C15H14BrCl2N3O2. The highest BCUT2D eigenvalue weighted by atomic mass is 79.9. The van der Waals surface area contributed by atoms with Gasteiger partial charge >= 0.3 is 6.03 Å². The standard InChI is InChI=1S/C15H14BrCl2N3O2/c16-10-2-3-13(12(18)8-10)23-7-1-5-20-15(22)21-14-9-11(17)4-6-19-14/h2-4,6,8-9H,1,5,7H2,(H2,19,20,21,22). The van der Waals surface area contributed by atoms with E-state index in [1.165, 1.54) is 6.20 Å². The van der Waals surface area contributed by atoms with Crippen LogP contribution in [0.25, 0.3) is 0 Å². The SMILES string of the molecule is O=C(NCCCOc1ccc(Br)cc1Cl)Nc1cc(Cl)ccn1. The number of hydrogen-bond donors (Lipinski definition) is 2. The van der Waals surface area contributed by atoms with E-state index in [0.717, 1.165) is 4.47 Å². The second-order valence-electron chi connectivity index (χ2n) is 4.52. The Morgan fingerprint density at radius 3 is 2.83 bits per heavy atom. The van der Waals surface area contributed by atoms with Gasteiger partial charge in [-0.25, -0.2) is 9.78 Å². The van der Waals surface area contributed by atoms with E-state index in [9.17, 15) is 4.79 Å².